The van der Waals surface area contributed by atoms with E-state index in [1.807, 2.05) is 11.5 Å². The van der Waals surface area contributed by atoms with Crippen LogP contribution in [-0.4, -0.2) is 64.0 Å². The molecule has 0 saturated carbocycles. The average Bonchev–Trinajstić information content (AvgIpc) is 2.82. The van der Waals surface area contributed by atoms with Gasteiger partial charge in [-0.2, -0.15) is 0 Å². The van der Waals surface area contributed by atoms with Crippen LogP contribution in [0.2, 0.25) is 0 Å². The number of carboxylic acid groups (broad SMARTS) is 1. The fraction of sp³-hybridized carbons (Fsp3) is 0.636. The predicted molar refractivity (Wildman–Crippen MR) is 65.9 cm³/mol. The molecule has 2 heterocycles. The highest BCUT2D eigenvalue weighted by molar-refractivity contribution is 5.91. The SMILES string of the molecule is CCN1CCn2c(CCOC)nnc2C1=O.O=CO. The van der Waals surface area contributed by atoms with Crippen molar-refractivity contribution in [3.05, 3.63) is 11.6 Å². The number of ether oxygens (including phenoxy) is 1. The monoisotopic (exact) mass is 270 g/mol. The number of fused-ring (bicyclic) bond motifs is 1. The highest BCUT2D eigenvalue weighted by Crippen LogP contribution is 2.12. The standard InChI is InChI=1S/C10H16N4O2.CH2O2/c1-3-13-5-6-14-8(4-7-16-2)11-12-9(14)10(13)15;2-1-3/h3-7H2,1-2H3;1H,(H,2,3). The maximum absolute atomic E-state index is 11.9. The van der Waals surface area contributed by atoms with Crippen LogP contribution in [0, 0.1) is 0 Å². The Kier molecular flexibility index (Phi) is 5.94. The van der Waals surface area contributed by atoms with Crippen LogP contribution in [0.1, 0.15) is 23.4 Å². The van der Waals surface area contributed by atoms with Crippen molar-refractivity contribution >= 4 is 12.4 Å². The molecule has 1 aromatic rings. The second-order valence-corrected chi connectivity index (χ2v) is 3.82. The van der Waals surface area contributed by atoms with Crippen LogP contribution in [-0.2, 0) is 22.5 Å². The number of likely N-dealkylation sites (N-methyl/N-ethyl adjacent to an activating group) is 1. The number of carbonyl (C=O) groups excluding carboxylic acids is 1. The molecule has 2 rings (SSSR count). The van der Waals surface area contributed by atoms with Gasteiger partial charge in [0.05, 0.1) is 6.61 Å². The van der Waals surface area contributed by atoms with Gasteiger partial charge in [-0.1, -0.05) is 0 Å². The lowest BCUT2D eigenvalue weighted by Gasteiger charge is -2.26. The number of rotatable bonds is 4. The van der Waals surface area contributed by atoms with Gasteiger partial charge in [-0.25, -0.2) is 0 Å². The maximum atomic E-state index is 11.9. The van der Waals surface area contributed by atoms with Crippen molar-refractivity contribution in [3.63, 3.8) is 0 Å². The summed E-state index contributed by atoms with van der Waals surface area (Å²) in [6.07, 6.45) is 0.697. The summed E-state index contributed by atoms with van der Waals surface area (Å²) in [4.78, 5) is 22.0. The molecule has 1 N–H and O–H groups in total. The Morgan fingerprint density at radius 2 is 2.11 bits per heavy atom. The fourth-order valence-corrected chi connectivity index (χ4v) is 1.87. The number of amides is 1. The third-order valence-electron chi connectivity index (χ3n) is 2.81. The van der Waals surface area contributed by atoms with Gasteiger partial charge in [-0.15, -0.1) is 10.2 Å². The van der Waals surface area contributed by atoms with Gasteiger partial charge >= 0.3 is 0 Å². The minimum Gasteiger partial charge on any atom is -0.483 e. The number of methoxy groups -OCH3 is 1. The summed E-state index contributed by atoms with van der Waals surface area (Å²) in [6.45, 7) is 4.56. The first-order chi connectivity index (χ1) is 9.19. The van der Waals surface area contributed by atoms with Crippen molar-refractivity contribution in [2.24, 2.45) is 0 Å². The lowest BCUT2D eigenvalue weighted by molar-refractivity contribution is -0.122. The normalized spacial score (nSPS) is 13.6. The van der Waals surface area contributed by atoms with Crippen molar-refractivity contribution in [2.45, 2.75) is 19.9 Å². The molecule has 0 aromatic carbocycles. The molecule has 0 atom stereocenters. The quantitative estimate of drug-likeness (QED) is 0.751. The van der Waals surface area contributed by atoms with E-state index in [1.54, 1.807) is 12.0 Å². The second-order valence-electron chi connectivity index (χ2n) is 3.82. The van der Waals surface area contributed by atoms with Gasteiger partial charge in [0.2, 0.25) is 5.82 Å². The van der Waals surface area contributed by atoms with Crippen LogP contribution < -0.4 is 0 Å². The Bertz CT molecular complexity index is 432. The van der Waals surface area contributed by atoms with E-state index in [0.717, 1.165) is 25.5 Å². The zero-order chi connectivity index (χ0) is 14.3. The average molecular weight is 270 g/mol. The van der Waals surface area contributed by atoms with E-state index in [2.05, 4.69) is 10.2 Å². The topological polar surface area (TPSA) is 97.5 Å². The van der Waals surface area contributed by atoms with Gasteiger partial charge in [-0.3, -0.25) is 9.59 Å². The molecule has 0 saturated heterocycles. The number of nitrogens with zero attached hydrogens (tertiary/aromatic N) is 4. The molecule has 106 valence electrons. The molecule has 0 bridgehead atoms. The molecule has 1 amide bonds. The van der Waals surface area contributed by atoms with E-state index >= 15 is 0 Å². The molecule has 0 aliphatic carbocycles. The lowest BCUT2D eigenvalue weighted by atomic mass is 10.3. The Morgan fingerprint density at radius 1 is 1.42 bits per heavy atom. The van der Waals surface area contributed by atoms with E-state index in [4.69, 9.17) is 14.6 Å². The molecular formula is C11H18N4O4. The largest absolute Gasteiger partial charge is 0.483 e. The van der Waals surface area contributed by atoms with E-state index in [1.165, 1.54) is 0 Å². The Hall–Kier alpha value is -1.96. The fourth-order valence-electron chi connectivity index (χ4n) is 1.87. The first kappa shape index (κ1) is 15.1. The van der Waals surface area contributed by atoms with Gasteiger partial charge in [0.25, 0.3) is 12.4 Å². The number of carbonyl (C=O) groups is 2. The van der Waals surface area contributed by atoms with Crippen LogP contribution >= 0.6 is 0 Å². The summed E-state index contributed by atoms with van der Waals surface area (Å²) in [5.41, 5.74) is 0. The summed E-state index contributed by atoms with van der Waals surface area (Å²) in [5, 5.41) is 14.9. The number of hydrogen-bond donors (Lipinski definition) is 1. The van der Waals surface area contributed by atoms with Crippen LogP contribution in [0.4, 0.5) is 0 Å². The van der Waals surface area contributed by atoms with E-state index < -0.39 is 0 Å². The third-order valence-corrected chi connectivity index (χ3v) is 2.81. The molecule has 0 fully saturated rings. The Balaban J connectivity index is 0.000000550. The molecule has 1 aliphatic rings. The molecular weight excluding hydrogens is 252 g/mol. The van der Waals surface area contributed by atoms with Crippen molar-refractivity contribution in [1.29, 1.82) is 0 Å². The van der Waals surface area contributed by atoms with Crippen LogP contribution in [0.5, 0.6) is 0 Å². The summed E-state index contributed by atoms with van der Waals surface area (Å²) < 4.78 is 6.90. The zero-order valence-electron chi connectivity index (χ0n) is 11.1. The number of aromatic nitrogens is 3. The van der Waals surface area contributed by atoms with Crippen LogP contribution in [0.25, 0.3) is 0 Å². The highest BCUT2D eigenvalue weighted by atomic mass is 16.5. The van der Waals surface area contributed by atoms with E-state index in [-0.39, 0.29) is 12.4 Å². The van der Waals surface area contributed by atoms with Crippen LogP contribution in [0.15, 0.2) is 0 Å². The first-order valence-corrected chi connectivity index (χ1v) is 5.97. The van der Waals surface area contributed by atoms with Crippen molar-refractivity contribution in [1.82, 2.24) is 19.7 Å². The Labute approximate surface area is 111 Å². The zero-order valence-corrected chi connectivity index (χ0v) is 11.1. The van der Waals surface area contributed by atoms with Crippen LogP contribution in [0.3, 0.4) is 0 Å². The summed E-state index contributed by atoms with van der Waals surface area (Å²) in [6, 6.07) is 0. The molecule has 0 unspecified atom stereocenters. The van der Waals surface area contributed by atoms with Crippen molar-refractivity contribution in [3.8, 4) is 0 Å². The Morgan fingerprint density at radius 3 is 2.68 bits per heavy atom. The number of hydrogen-bond acceptors (Lipinski definition) is 5. The summed E-state index contributed by atoms with van der Waals surface area (Å²) in [7, 11) is 1.65. The molecule has 0 radical (unpaired) electrons. The minimum absolute atomic E-state index is 0.0232. The summed E-state index contributed by atoms with van der Waals surface area (Å²) in [5.74, 6) is 1.27. The second kappa shape index (κ2) is 7.47. The molecule has 1 aliphatic heterocycles. The smallest absolute Gasteiger partial charge is 0.291 e. The molecule has 19 heavy (non-hydrogen) atoms. The van der Waals surface area contributed by atoms with E-state index in [0.29, 0.717) is 18.9 Å². The minimum atomic E-state index is -0.250. The van der Waals surface area contributed by atoms with Gasteiger partial charge in [0.1, 0.15) is 5.82 Å². The van der Waals surface area contributed by atoms with Crippen molar-refractivity contribution in [2.75, 3.05) is 26.8 Å². The van der Waals surface area contributed by atoms with Gasteiger partial charge < -0.3 is 19.3 Å². The third kappa shape index (κ3) is 3.50. The van der Waals surface area contributed by atoms with Gasteiger partial charge in [0.15, 0.2) is 0 Å². The first-order valence-electron chi connectivity index (χ1n) is 5.97. The predicted octanol–water partition coefficient (Wildman–Crippen LogP) is -0.356. The molecule has 0 spiro atoms. The van der Waals surface area contributed by atoms with Gasteiger partial charge in [-0.05, 0) is 6.92 Å². The van der Waals surface area contributed by atoms with Crippen molar-refractivity contribution < 1.29 is 19.4 Å². The highest BCUT2D eigenvalue weighted by Gasteiger charge is 2.27. The summed E-state index contributed by atoms with van der Waals surface area (Å²) >= 11 is 0. The molecule has 8 nitrogen and oxygen atoms in total. The molecule has 1 aromatic heterocycles. The molecule has 8 heteroatoms. The maximum Gasteiger partial charge on any atom is 0.291 e. The van der Waals surface area contributed by atoms with Gasteiger partial charge in [0, 0.05) is 33.2 Å². The van der Waals surface area contributed by atoms with E-state index in [9.17, 15) is 4.79 Å². The lowest BCUT2D eigenvalue weighted by Crippen LogP contribution is -2.40.